The van der Waals surface area contributed by atoms with Crippen molar-refractivity contribution in [1.29, 1.82) is 0 Å². The van der Waals surface area contributed by atoms with Crippen LogP contribution < -0.4 is 14.8 Å². The van der Waals surface area contributed by atoms with Crippen molar-refractivity contribution >= 4 is 5.78 Å². The molecule has 1 aromatic rings. The van der Waals surface area contributed by atoms with Gasteiger partial charge in [-0.3, -0.25) is 4.79 Å². The van der Waals surface area contributed by atoms with Gasteiger partial charge in [-0.05, 0) is 25.2 Å². The van der Waals surface area contributed by atoms with E-state index in [1.165, 1.54) is 0 Å². The molecule has 5 nitrogen and oxygen atoms in total. The number of benzene rings is 1. The monoisotopic (exact) mass is 251 g/mol. The van der Waals surface area contributed by atoms with E-state index in [1.807, 2.05) is 0 Å². The number of hydrogen-bond acceptors (Lipinski definition) is 5. The fourth-order valence-corrected chi connectivity index (χ4v) is 1.66. The Balaban J connectivity index is 2.13. The van der Waals surface area contributed by atoms with Crippen LogP contribution in [-0.4, -0.2) is 45.8 Å². The highest BCUT2D eigenvalue weighted by Gasteiger charge is 2.22. The van der Waals surface area contributed by atoms with E-state index in [9.17, 15) is 4.79 Å². The predicted octanol–water partition coefficient (Wildman–Crippen LogP) is 0.875. The molecule has 1 N–H and O–H groups in total. The van der Waals surface area contributed by atoms with Gasteiger partial charge in [-0.1, -0.05) is 0 Å². The number of ether oxygens (including phenoxy) is 3. The maximum atomic E-state index is 11.7. The summed E-state index contributed by atoms with van der Waals surface area (Å²) in [6.45, 7) is 1.51. The summed E-state index contributed by atoms with van der Waals surface area (Å²) >= 11 is 0. The third-order valence-electron chi connectivity index (χ3n) is 2.72. The van der Waals surface area contributed by atoms with Gasteiger partial charge in [-0.2, -0.15) is 0 Å². The first-order chi connectivity index (χ1) is 8.74. The molecule has 0 spiro atoms. The van der Waals surface area contributed by atoms with Crippen LogP contribution in [0.1, 0.15) is 10.4 Å². The molecular weight excluding hydrogens is 234 g/mol. The fraction of sp³-hybridized carbons (Fsp3) is 0.462. The van der Waals surface area contributed by atoms with Crippen LogP contribution >= 0.6 is 0 Å². The SMILES string of the molecule is CNCC(=O)c1ccc(OC2COC2)c(OC)c1. The summed E-state index contributed by atoms with van der Waals surface area (Å²) in [4.78, 5) is 11.7. The van der Waals surface area contributed by atoms with Crippen LogP contribution in [0.15, 0.2) is 18.2 Å². The normalized spacial score (nSPS) is 15.0. The molecule has 18 heavy (non-hydrogen) atoms. The summed E-state index contributed by atoms with van der Waals surface area (Å²) in [6.07, 6.45) is 0.0813. The lowest BCUT2D eigenvalue weighted by Crippen LogP contribution is -2.38. The van der Waals surface area contributed by atoms with Crippen molar-refractivity contribution in [2.24, 2.45) is 0 Å². The Kier molecular flexibility index (Phi) is 4.17. The number of carbonyl (C=O) groups is 1. The summed E-state index contributed by atoms with van der Waals surface area (Å²) in [7, 11) is 3.30. The minimum Gasteiger partial charge on any atom is -0.493 e. The summed E-state index contributed by atoms with van der Waals surface area (Å²) < 4.78 is 16.0. The lowest BCUT2D eigenvalue weighted by molar-refractivity contribution is -0.0803. The Bertz CT molecular complexity index is 429. The van der Waals surface area contributed by atoms with Gasteiger partial charge >= 0.3 is 0 Å². The molecule has 0 aromatic heterocycles. The van der Waals surface area contributed by atoms with Crippen LogP contribution in [0.3, 0.4) is 0 Å². The van der Waals surface area contributed by atoms with Gasteiger partial charge < -0.3 is 19.5 Å². The average molecular weight is 251 g/mol. The van der Waals surface area contributed by atoms with Gasteiger partial charge in [-0.25, -0.2) is 0 Å². The van der Waals surface area contributed by atoms with Crippen molar-refractivity contribution in [3.63, 3.8) is 0 Å². The summed E-state index contributed by atoms with van der Waals surface area (Å²) in [6, 6.07) is 5.21. The van der Waals surface area contributed by atoms with Gasteiger partial charge in [0.15, 0.2) is 17.3 Å². The van der Waals surface area contributed by atoms with Crippen molar-refractivity contribution in [2.75, 3.05) is 33.9 Å². The zero-order valence-corrected chi connectivity index (χ0v) is 10.6. The third-order valence-corrected chi connectivity index (χ3v) is 2.72. The molecule has 1 aliphatic heterocycles. The Morgan fingerprint density at radius 1 is 1.44 bits per heavy atom. The largest absolute Gasteiger partial charge is 0.493 e. The van der Waals surface area contributed by atoms with E-state index in [2.05, 4.69) is 5.32 Å². The Morgan fingerprint density at radius 2 is 2.22 bits per heavy atom. The van der Waals surface area contributed by atoms with E-state index >= 15 is 0 Å². The molecule has 1 aliphatic rings. The van der Waals surface area contributed by atoms with Crippen molar-refractivity contribution in [3.05, 3.63) is 23.8 Å². The van der Waals surface area contributed by atoms with Crippen LogP contribution in [0.2, 0.25) is 0 Å². The smallest absolute Gasteiger partial charge is 0.176 e. The third kappa shape index (κ3) is 2.80. The van der Waals surface area contributed by atoms with Gasteiger partial charge in [0.1, 0.15) is 6.10 Å². The molecule has 1 fully saturated rings. The predicted molar refractivity (Wildman–Crippen MR) is 66.5 cm³/mol. The first kappa shape index (κ1) is 12.9. The van der Waals surface area contributed by atoms with E-state index in [0.29, 0.717) is 36.8 Å². The van der Waals surface area contributed by atoms with Crippen molar-refractivity contribution in [2.45, 2.75) is 6.10 Å². The zero-order valence-electron chi connectivity index (χ0n) is 10.6. The minimum atomic E-state index is 0.0225. The number of ketones is 1. The van der Waals surface area contributed by atoms with Gasteiger partial charge in [0, 0.05) is 5.56 Å². The van der Waals surface area contributed by atoms with Crippen molar-refractivity contribution in [3.8, 4) is 11.5 Å². The molecule has 0 bridgehead atoms. The van der Waals surface area contributed by atoms with E-state index in [4.69, 9.17) is 14.2 Å². The minimum absolute atomic E-state index is 0.0225. The quantitative estimate of drug-likeness (QED) is 0.760. The molecule has 98 valence electrons. The Hall–Kier alpha value is -1.59. The van der Waals surface area contributed by atoms with Crippen LogP contribution in [0.25, 0.3) is 0 Å². The first-order valence-corrected chi connectivity index (χ1v) is 5.85. The molecule has 5 heteroatoms. The van der Waals surface area contributed by atoms with E-state index in [0.717, 1.165) is 0 Å². The van der Waals surface area contributed by atoms with Gasteiger partial charge in [0.05, 0.1) is 26.9 Å². The second-order valence-corrected chi connectivity index (χ2v) is 4.10. The molecule has 0 amide bonds. The highest BCUT2D eigenvalue weighted by molar-refractivity contribution is 5.98. The summed E-state index contributed by atoms with van der Waals surface area (Å²) in [5, 5.41) is 2.83. The maximum Gasteiger partial charge on any atom is 0.176 e. The number of nitrogens with one attached hydrogen (secondary N) is 1. The number of carbonyl (C=O) groups excluding carboxylic acids is 1. The van der Waals surface area contributed by atoms with Crippen LogP contribution in [0.4, 0.5) is 0 Å². The van der Waals surface area contributed by atoms with Crippen LogP contribution in [0.5, 0.6) is 11.5 Å². The number of rotatable bonds is 6. The second-order valence-electron chi connectivity index (χ2n) is 4.10. The molecule has 0 atom stereocenters. The molecular formula is C13H17NO4. The van der Waals surface area contributed by atoms with E-state index < -0.39 is 0 Å². The van der Waals surface area contributed by atoms with E-state index in [1.54, 1.807) is 32.4 Å². The second kappa shape index (κ2) is 5.84. The van der Waals surface area contributed by atoms with Gasteiger partial charge in [-0.15, -0.1) is 0 Å². The highest BCUT2D eigenvalue weighted by Crippen LogP contribution is 2.30. The Morgan fingerprint density at radius 3 is 2.78 bits per heavy atom. The number of Topliss-reactive ketones (excluding diaryl/α,β-unsaturated/α-hetero) is 1. The maximum absolute atomic E-state index is 11.7. The molecule has 2 rings (SSSR count). The summed E-state index contributed by atoms with van der Waals surface area (Å²) in [5.74, 6) is 1.24. The molecule has 0 saturated carbocycles. The molecule has 1 aromatic carbocycles. The standard InChI is InChI=1S/C13H17NO4/c1-14-6-11(15)9-3-4-12(13(5-9)16-2)18-10-7-17-8-10/h3-5,10,14H,6-8H2,1-2H3. The molecule has 0 aliphatic carbocycles. The van der Waals surface area contributed by atoms with Crippen LogP contribution in [0, 0.1) is 0 Å². The van der Waals surface area contributed by atoms with Gasteiger partial charge in [0.2, 0.25) is 0 Å². The molecule has 1 heterocycles. The topological polar surface area (TPSA) is 56.8 Å². The molecule has 0 unspecified atom stereocenters. The number of likely N-dealkylation sites (N-methyl/N-ethyl adjacent to an activating group) is 1. The van der Waals surface area contributed by atoms with Crippen LogP contribution in [-0.2, 0) is 4.74 Å². The summed E-state index contributed by atoms with van der Waals surface area (Å²) in [5.41, 5.74) is 0.610. The first-order valence-electron chi connectivity index (χ1n) is 5.85. The highest BCUT2D eigenvalue weighted by atomic mass is 16.6. The fourth-order valence-electron chi connectivity index (χ4n) is 1.66. The Labute approximate surface area is 106 Å². The zero-order chi connectivity index (χ0) is 13.0. The number of hydrogen-bond donors (Lipinski definition) is 1. The van der Waals surface area contributed by atoms with Gasteiger partial charge in [0.25, 0.3) is 0 Å². The molecule has 1 saturated heterocycles. The molecule has 0 radical (unpaired) electrons. The van der Waals surface area contributed by atoms with Crippen molar-refractivity contribution in [1.82, 2.24) is 5.32 Å². The lowest BCUT2D eigenvalue weighted by atomic mass is 10.1. The lowest BCUT2D eigenvalue weighted by Gasteiger charge is -2.27. The average Bonchev–Trinajstić information content (AvgIpc) is 2.34. The van der Waals surface area contributed by atoms with Crippen molar-refractivity contribution < 1.29 is 19.0 Å². The van der Waals surface area contributed by atoms with E-state index in [-0.39, 0.29) is 11.9 Å². The number of methoxy groups -OCH3 is 1.